The minimum absolute atomic E-state index is 0.180. The summed E-state index contributed by atoms with van der Waals surface area (Å²) >= 11 is 0. The van der Waals surface area contributed by atoms with Gasteiger partial charge in [-0.25, -0.2) is 8.78 Å². The van der Waals surface area contributed by atoms with Crippen LogP contribution < -0.4 is 11.1 Å². The van der Waals surface area contributed by atoms with E-state index in [-0.39, 0.29) is 17.3 Å². The van der Waals surface area contributed by atoms with Crippen molar-refractivity contribution in [3.8, 4) is 0 Å². The Bertz CT molecular complexity index is 512. The maximum Gasteiger partial charge on any atom is 0.251 e. The van der Waals surface area contributed by atoms with Gasteiger partial charge in [-0.05, 0) is 43.6 Å². The number of nitrogens with two attached hydrogens (primary N) is 1. The van der Waals surface area contributed by atoms with Crippen molar-refractivity contribution in [1.29, 1.82) is 0 Å². The second kappa shape index (κ2) is 4.47. The smallest absolute Gasteiger partial charge is 0.251 e. The second-order valence-corrected chi connectivity index (χ2v) is 5.52. The molecule has 19 heavy (non-hydrogen) atoms. The minimum Gasteiger partial charge on any atom is -0.379 e. The lowest BCUT2D eigenvalue weighted by Gasteiger charge is -2.20. The molecule has 0 unspecified atom stereocenters. The van der Waals surface area contributed by atoms with E-state index in [2.05, 4.69) is 5.32 Å². The zero-order valence-corrected chi connectivity index (χ0v) is 10.5. The number of rotatable bonds is 5. The molecule has 0 atom stereocenters. The molecule has 0 bridgehead atoms. The highest BCUT2D eigenvalue weighted by Gasteiger charge is 2.41. The zero-order chi connectivity index (χ0) is 13.6. The van der Waals surface area contributed by atoms with E-state index in [1.165, 1.54) is 6.07 Å². The molecular formula is C14H16F2N2O. The van der Waals surface area contributed by atoms with Crippen LogP contribution >= 0.6 is 0 Å². The Labute approximate surface area is 110 Å². The Morgan fingerprint density at radius 1 is 1.16 bits per heavy atom. The number of anilines is 1. The molecule has 5 heteroatoms. The van der Waals surface area contributed by atoms with Gasteiger partial charge < -0.3 is 11.1 Å². The Morgan fingerprint density at radius 2 is 1.74 bits per heavy atom. The SMILES string of the molecule is NC(=O)c1cc(NC(C2CC2)C2CC2)c(F)cc1F. The van der Waals surface area contributed by atoms with Crippen LogP contribution in [-0.2, 0) is 0 Å². The van der Waals surface area contributed by atoms with Crippen LogP contribution in [0.2, 0.25) is 0 Å². The van der Waals surface area contributed by atoms with Crippen LogP contribution in [0, 0.1) is 23.5 Å². The average Bonchev–Trinajstić information content (AvgIpc) is 3.21. The predicted octanol–water partition coefficient (Wildman–Crippen LogP) is 2.66. The first-order valence-corrected chi connectivity index (χ1v) is 6.61. The Kier molecular flexibility index (Phi) is 2.92. The summed E-state index contributed by atoms with van der Waals surface area (Å²) < 4.78 is 27.2. The van der Waals surface area contributed by atoms with E-state index in [9.17, 15) is 13.6 Å². The molecular weight excluding hydrogens is 250 g/mol. The molecule has 1 amide bonds. The normalized spacial score (nSPS) is 18.7. The lowest BCUT2D eigenvalue weighted by Crippen LogP contribution is -2.25. The molecule has 0 aromatic heterocycles. The number of hydrogen-bond donors (Lipinski definition) is 2. The number of amides is 1. The molecule has 0 heterocycles. The Balaban J connectivity index is 1.86. The van der Waals surface area contributed by atoms with Crippen LogP contribution in [0.3, 0.4) is 0 Å². The van der Waals surface area contributed by atoms with Crippen LogP contribution in [0.5, 0.6) is 0 Å². The quantitative estimate of drug-likeness (QED) is 0.860. The van der Waals surface area contributed by atoms with Crippen molar-refractivity contribution in [2.45, 2.75) is 31.7 Å². The van der Waals surface area contributed by atoms with Gasteiger partial charge in [-0.2, -0.15) is 0 Å². The standard InChI is InChI=1S/C14H16F2N2O/c15-10-6-11(16)12(5-9(10)14(17)19)18-13(7-1-2-7)8-3-4-8/h5-8,13,18H,1-4H2,(H2,17,19). The largest absolute Gasteiger partial charge is 0.379 e. The highest BCUT2D eigenvalue weighted by atomic mass is 19.1. The van der Waals surface area contributed by atoms with Gasteiger partial charge >= 0.3 is 0 Å². The lowest BCUT2D eigenvalue weighted by molar-refractivity contribution is 0.0996. The molecule has 0 saturated heterocycles. The van der Waals surface area contributed by atoms with E-state index in [1.807, 2.05) is 0 Å². The molecule has 0 radical (unpaired) electrons. The molecule has 0 aliphatic heterocycles. The molecule has 3 N–H and O–H groups in total. The lowest BCUT2D eigenvalue weighted by atomic mass is 10.1. The van der Waals surface area contributed by atoms with Gasteiger partial charge in [0.15, 0.2) is 0 Å². The third kappa shape index (κ3) is 2.55. The topological polar surface area (TPSA) is 55.1 Å². The summed E-state index contributed by atoms with van der Waals surface area (Å²) in [6, 6.07) is 2.14. The van der Waals surface area contributed by atoms with Crippen molar-refractivity contribution in [2.75, 3.05) is 5.32 Å². The maximum atomic E-state index is 13.8. The molecule has 2 aliphatic carbocycles. The number of nitrogens with one attached hydrogen (secondary N) is 1. The van der Waals surface area contributed by atoms with Crippen molar-refractivity contribution in [3.05, 3.63) is 29.3 Å². The highest BCUT2D eigenvalue weighted by Crippen LogP contribution is 2.46. The van der Waals surface area contributed by atoms with E-state index in [1.54, 1.807) is 0 Å². The first-order valence-electron chi connectivity index (χ1n) is 6.61. The molecule has 3 rings (SSSR count). The summed E-state index contributed by atoms with van der Waals surface area (Å²) in [5.74, 6) is -1.31. The van der Waals surface area contributed by atoms with Crippen LogP contribution in [-0.4, -0.2) is 11.9 Å². The van der Waals surface area contributed by atoms with Crippen molar-refractivity contribution >= 4 is 11.6 Å². The third-order valence-electron chi connectivity index (χ3n) is 3.90. The van der Waals surface area contributed by atoms with Crippen molar-refractivity contribution in [3.63, 3.8) is 0 Å². The van der Waals surface area contributed by atoms with Crippen LogP contribution in [0.4, 0.5) is 14.5 Å². The molecule has 0 spiro atoms. The van der Waals surface area contributed by atoms with Gasteiger partial charge in [0.25, 0.3) is 5.91 Å². The number of halogens is 2. The number of hydrogen-bond acceptors (Lipinski definition) is 2. The summed E-state index contributed by atoms with van der Waals surface area (Å²) in [5, 5.41) is 3.14. The maximum absolute atomic E-state index is 13.8. The minimum atomic E-state index is -0.912. The van der Waals surface area contributed by atoms with E-state index >= 15 is 0 Å². The molecule has 1 aromatic carbocycles. The molecule has 1 aromatic rings. The van der Waals surface area contributed by atoms with Crippen LogP contribution in [0.15, 0.2) is 12.1 Å². The summed E-state index contributed by atoms with van der Waals surface area (Å²) in [4.78, 5) is 11.1. The highest BCUT2D eigenvalue weighted by molar-refractivity contribution is 5.94. The number of primary amides is 1. The van der Waals surface area contributed by atoms with Gasteiger partial charge in [0.05, 0.1) is 11.3 Å². The van der Waals surface area contributed by atoms with Crippen molar-refractivity contribution in [2.24, 2.45) is 17.6 Å². The summed E-state index contributed by atoms with van der Waals surface area (Å²) in [7, 11) is 0. The van der Waals surface area contributed by atoms with E-state index < -0.39 is 17.5 Å². The fourth-order valence-corrected chi connectivity index (χ4v) is 2.56. The fourth-order valence-electron chi connectivity index (χ4n) is 2.56. The van der Waals surface area contributed by atoms with E-state index in [4.69, 9.17) is 5.73 Å². The Morgan fingerprint density at radius 3 is 2.21 bits per heavy atom. The fraction of sp³-hybridized carbons (Fsp3) is 0.500. The van der Waals surface area contributed by atoms with Gasteiger partial charge in [-0.3, -0.25) is 4.79 Å². The van der Waals surface area contributed by atoms with Gasteiger partial charge in [0.2, 0.25) is 0 Å². The summed E-state index contributed by atoms with van der Waals surface area (Å²) in [6.45, 7) is 0. The average molecular weight is 266 g/mol. The monoisotopic (exact) mass is 266 g/mol. The van der Waals surface area contributed by atoms with Crippen LogP contribution in [0.25, 0.3) is 0 Å². The molecule has 102 valence electrons. The first kappa shape index (κ1) is 12.4. The summed E-state index contributed by atoms with van der Waals surface area (Å²) in [6.07, 6.45) is 4.61. The van der Waals surface area contributed by atoms with Crippen molar-refractivity contribution in [1.82, 2.24) is 0 Å². The molecule has 2 aliphatic rings. The summed E-state index contributed by atoms with van der Waals surface area (Å²) in [5.41, 5.74) is 4.99. The van der Waals surface area contributed by atoms with Gasteiger partial charge in [-0.1, -0.05) is 0 Å². The number of benzene rings is 1. The molecule has 3 nitrogen and oxygen atoms in total. The van der Waals surface area contributed by atoms with E-state index in [0.717, 1.165) is 31.7 Å². The molecule has 2 saturated carbocycles. The van der Waals surface area contributed by atoms with Gasteiger partial charge in [0, 0.05) is 12.1 Å². The predicted molar refractivity (Wildman–Crippen MR) is 67.7 cm³/mol. The van der Waals surface area contributed by atoms with Gasteiger partial charge in [0.1, 0.15) is 11.6 Å². The van der Waals surface area contributed by atoms with Gasteiger partial charge in [-0.15, -0.1) is 0 Å². The first-order chi connectivity index (χ1) is 9.06. The number of carbonyl (C=O) groups is 1. The third-order valence-corrected chi connectivity index (χ3v) is 3.90. The zero-order valence-electron chi connectivity index (χ0n) is 10.5. The second-order valence-electron chi connectivity index (χ2n) is 5.52. The van der Waals surface area contributed by atoms with Crippen LogP contribution in [0.1, 0.15) is 36.0 Å². The van der Waals surface area contributed by atoms with E-state index in [0.29, 0.717) is 11.8 Å². The number of carbonyl (C=O) groups excluding carboxylic acids is 1. The Hall–Kier alpha value is -1.65. The van der Waals surface area contributed by atoms with Crippen molar-refractivity contribution < 1.29 is 13.6 Å². The molecule has 2 fully saturated rings.